The fourth-order valence-corrected chi connectivity index (χ4v) is 5.02. The molecule has 1 unspecified atom stereocenters. The average molecular weight is 458 g/mol. The van der Waals surface area contributed by atoms with Crippen LogP contribution < -0.4 is 5.32 Å². The van der Waals surface area contributed by atoms with E-state index in [9.17, 15) is 4.79 Å². The largest absolute Gasteiger partial charge is 0.387 e. The number of hydrogen-bond acceptors (Lipinski definition) is 4. The Morgan fingerprint density at radius 3 is 2.58 bits per heavy atom. The van der Waals surface area contributed by atoms with Gasteiger partial charge in [-0.3, -0.25) is 14.3 Å². The van der Waals surface area contributed by atoms with Crippen molar-refractivity contribution in [3.8, 4) is 0 Å². The lowest BCUT2D eigenvalue weighted by atomic mass is 9.95. The van der Waals surface area contributed by atoms with E-state index in [0.717, 1.165) is 37.5 Å². The first kappa shape index (κ1) is 20.5. The van der Waals surface area contributed by atoms with Crippen LogP contribution >= 0.6 is 22.9 Å². The van der Waals surface area contributed by atoms with Crippen molar-refractivity contribution in [1.82, 2.24) is 10.2 Å². The molecule has 5 rings (SSSR count). The van der Waals surface area contributed by atoms with Gasteiger partial charge in [0.05, 0.1) is 53.2 Å². The second-order valence-corrected chi connectivity index (χ2v) is 10.3. The fourth-order valence-electron chi connectivity index (χ4n) is 4.06. The minimum atomic E-state index is -0.558. The molecule has 1 N–H and O–H groups in total. The molecule has 162 valence electrons. The molecular formula is C23H26ClN4O2S+. The number of carbonyl (C=O) groups excluding carboxylic acids is 1. The Morgan fingerprint density at radius 1 is 1.23 bits per heavy atom. The zero-order valence-electron chi connectivity index (χ0n) is 17.6. The Bertz CT molecular complexity index is 1050. The summed E-state index contributed by atoms with van der Waals surface area (Å²) in [6.45, 7) is 6.95. The quantitative estimate of drug-likeness (QED) is 0.551. The van der Waals surface area contributed by atoms with E-state index in [2.05, 4.69) is 44.2 Å². The molecule has 2 aromatic rings. The number of likely N-dealkylation sites (tertiary alicyclic amines) is 1. The molecule has 3 aliphatic rings. The summed E-state index contributed by atoms with van der Waals surface area (Å²) < 4.78 is 3.08. The average Bonchev–Trinajstić information content (AvgIpc) is 3.30. The maximum absolute atomic E-state index is 12.3. The molecule has 2 saturated heterocycles. The van der Waals surface area contributed by atoms with Crippen molar-refractivity contribution < 1.29 is 14.2 Å². The molecule has 3 aliphatic heterocycles. The number of hydrogen-bond donors (Lipinski definition) is 1. The van der Waals surface area contributed by atoms with Gasteiger partial charge in [0, 0.05) is 19.3 Å². The highest BCUT2D eigenvalue weighted by Crippen LogP contribution is 2.27. The van der Waals surface area contributed by atoms with Crippen molar-refractivity contribution in [2.75, 3.05) is 32.7 Å². The molecule has 2 fully saturated rings. The van der Waals surface area contributed by atoms with E-state index in [0.29, 0.717) is 22.2 Å². The van der Waals surface area contributed by atoms with Gasteiger partial charge >= 0.3 is 0 Å². The highest BCUT2D eigenvalue weighted by Gasteiger charge is 2.36. The van der Waals surface area contributed by atoms with Crippen LogP contribution in [0.2, 0.25) is 4.34 Å². The Labute approximate surface area is 191 Å². The Hall–Kier alpha value is -2.38. The number of oxime groups is 1. The smallest absolute Gasteiger partial charge is 0.279 e. The lowest BCUT2D eigenvalue weighted by molar-refractivity contribution is -0.587. The zero-order chi connectivity index (χ0) is 21.4. The molecule has 31 heavy (non-hydrogen) atoms. The fraction of sp³-hybridized carbons (Fsp3) is 0.435. The summed E-state index contributed by atoms with van der Waals surface area (Å²) in [5.41, 5.74) is 2.69. The Morgan fingerprint density at radius 2 is 2.00 bits per heavy atom. The lowest BCUT2D eigenvalue weighted by Gasteiger charge is -2.31. The molecular weight excluding hydrogens is 432 g/mol. The standard InChI is InChI=1S/C23H25ClN4O2S/c1-23(15-25-21(29)19-8-9-20(24)31-19)14-18(26-30-23)16-4-6-17(7-5-16)22(27-10-2-11-27)28-12-3-13-28/h4-9H,2-3,10-15H2,1H3/p+1. The van der Waals surface area contributed by atoms with E-state index in [-0.39, 0.29) is 5.91 Å². The molecule has 1 amide bonds. The topological polar surface area (TPSA) is 56.9 Å². The van der Waals surface area contributed by atoms with Gasteiger partial charge in [0.1, 0.15) is 0 Å². The first-order valence-electron chi connectivity index (χ1n) is 10.8. The molecule has 6 nitrogen and oxygen atoms in total. The monoisotopic (exact) mass is 457 g/mol. The van der Waals surface area contributed by atoms with E-state index < -0.39 is 5.60 Å². The summed E-state index contributed by atoms with van der Waals surface area (Å²) in [5, 5.41) is 7.27. The number of halogens is 1. The number of thiophene rings is 1. The first-order valence-corrected chi connectivity index (χ1v) is 12.0. The third kappa shape index (κ3) is 4.21. The number of rotatable bonds is 5. The molecule has 0 saturated carbocycles. The van der Waals surface area contributed by atoms with Gasteiger partial charge in [-0.1, -0.05) is 28.9 Å². The molecule has 1 aromatic carbocycles. The van der Waals surface area contributed by atoms with E-state index in [1.165, 1.54) is 35.6 Å². The molecule has 0 spiro atoms. The SMILES string of the molecule is CC1(CNC(=O)c2ccc(Cl)s2)CC(c2ccc(C(N3CCC3)=[N+]3CCC3)cc2)=NO1. The van der Waals surface area contributed by atoms with Crippen molar-refractivity contribution >= 4 is 40.4 Å². The molecule has 4 heterocycles. The van der Waals surface area contributed by atoms with Gasteiger partial charge in [-0.05, 0) is 36.8 Å². The number of nitrogens with one attached hydrogen (secondary N) is 1. The Kier molecular flexibility index (Phi) is 5.48. The van der Waals surface area contributed by atoms with Gasteiger partial charge in [-0.2, -0.15) is 0 Å². The lowest BCUT2D eigenvalue weighted by Crippen LogP contribution is -2.49. The summed E-state index contributed by atoms with van der Waals surface area (Å²) in [5.74, 6) is 1.23. The van der Waals surface area contributed by atoms with Crippen LogP contribution in [0.5, 0.6) is 0 Å². The van der Waals surface area contributed by atoms with Crippen LogP contribution in [0, 0.1) is 0 Å². The summed E-state index contributed by atoms with van der Waals surface area (Å²) in [7, 11) is 0. The molecule has 1 aromatic heterocycles. The van der Waals surface area contributed by atoms with Crippen LogP contribution in [0.3, 0.4) is 0 Å². The summed E-state index contributed by atoms with van der Waals surface area (Å²) in [6.07, 6.45) is 3.20. The highest BCUT2D eigenvalue weighted by molar-refractivity contribution is 7.18. The van der Waals surface area contributed by atoms with Crippen molar-refractivity contribution in [1.29, 1.82) is 0 Å². The molecule has 1 atom stereocenters. The van der Waals surface area contributed by atoms with Crippen LogP contribution in [0.4, 0.5) is 0 Å². The van der Waals surface area contributed by atoms with E-state index in [4.69, 9.17) is 16.4 Å². The minimum Gasteiger partial charge on any atom is -0.387 e. The van der Waals surface area contributed by atoms with Gasteiger partial charge < -0.3 is 10.2 Å². The zero-order valence-corrected chi connectivity index (χ0v) is 19.1. The van der Waals surface area contributed by atoms with Crippen molar-refractivity contribution in [3.05, 3.63) is 56.7 Å². The number of benzene rings is 1. The van der Waals surface area contributed by atoms with Crippen LogP contribution in [0.1, 0.15) is 47.0 Å². The third-order valence-corrected chi connectivity index (χ3v) is 7.35. The number of nitrogens with zero attached hydrogens (tertiary/aromatic N) is 3. The summed E-state index contributed by atoms with van der Waals surface area (Å²) >= 11 is 7.19. The van der Waals surface area contributed by atoms with E-state index in [1.807, 2.05) is 6.92 Å². The molecule has 0 radical (unpaired) electrons. The predicted octanol–water partition coefficient (Wildman–Crippen LogP) is 3.58. The Balaban J connectivity index is 1.23. The van der Waals surface area contributed by atoms with Gasteiger partial charge in [0.2, 0.25) is 0 Å². The van der Waals surface area contributed by atoms with Gasteiger partial charge in [-0.15, -0.1) is 11.3 Å². The number of amides is 1. The van der Waals surface area contributed by atoms with Gasteiger partial charge in [-0.25, -0.2) is 0 Å². The number of carbonyl (C=O) groups is 1. The molecule has 0 bridgehead atoms. The number of amidine groups is 1. The summed E-state index contributed by atoms with van der Waals surface area (Å²) in [4.78, 5) is 21.1. The van der Waals surface area contributed by atoms with Crippen LogP contribution in [0.15, 0.2) is 41.6 Å². The van der Waals surface area contributed by atoms with Gasteiger partial charge in [0.25, 0.3) is 11.7 Å². The third-order valence-electron chi connectivity index (χ3n) is 6.13. The van der Waals surface area contributed by atoms with Crippen LogP contribution in [0.25, 0.3) is 0 Å². The van der Waals surface area contributed by atoms with E-state index in [1.54, 1.807) is 12.1 Å². The maximum Gasteiger partial charge on any atom is 0.279 e. The molecule has 0 aliphatic carbocycles. The second kappa shape index (κ2) is 8.28. The maximum atomic E-state index is 12.3. The minimum absolute atomic E-state index is 0.139. The van der Waals surface area contributed by atoms with Crippen LogP contribution in [-0.2, 0) is 4.84 Å². The van der Waals surface area contributed by atoms with Crippen molar-refractivity contribution in [3.63, 3.8) is 0 Å². The predicted molar refractivity (Wildman–Crippen MR) is 124 cm³/mol. The van der Waals surface area contributed by atoms with Crippen molar-refractivity contribution in [2.24, 2.45) is 5.16 Å². The van der Waals surface area contributed by atoms with Crippen molar-refractivity contribution in [2.45, 2.75) is 31.8 Å². The van der Waals surface area contributed by atoms with Gasteiger partial charge in [0.15, 0.2) is 5.60 Å². The first-order chi connectivity index (χ1) is 15.0. The highest BCUT2D eigenvalue weighted by atomic mass is 35.5. The van der Waals surface area contributed by atoms with E-state index >= 15 is 0 Å². The van der Waals surface area contributed by atoms with Crippen LogP contribution in [-0.4, -0.2) is 65.3 Å². The molecule has 8 heteroatoms. The normalized spacial score (nSPS) is 22.3. The second-order valence-electron chi connectivity index (χ2n) is 8.62. The summed E-state index contributed by atoms with van der Waals surface area (Å²) in [6, 6.07) is 12.1.